The lowest BCUT2D eigenvalue weighted by molar-refractivity contribution is -0.146. The molecular weight excluding hydrogens is 428 g/mol. The quantitative estimate of drug-likeness (QED) is 0.584. The number of carbonyl (C=O) groups is 2. The predicted octanol–water partition coefficient (Wildman–Crippen LogP) is 1.01. The van der Waals surface area contributed by atoms with Crippen molar-refractivity contribution in [2.45, 2.75) is 12.6 Å². The zero-order chi connectivity index (χ0) is 22.8. The molecule has 2 aromatic carbocycles. The second-order valence-corrected chi connectivity index (χ2v) is 7.77. The fourth-order valence-electron chi connectivity index (χ4n) is 3.85. The van der Waals surface area contributed by atoms with Crippen LogP contribution in [0, 0.1) is 0 Å². The number of hydrogen-bond acceptors (Lipinski definition) is 7. The number of piperazine rings is 1. The van der Waals surface area contributed by atoms with E-state index in [9.17, 15) is 14.4 Å². The SMILES string of the molecule is O=C(Cn1nc(-c2ccccc2)oc1=O)N1CCN(C(=O)[C@H]2COc3ccccc3O2)CC1. The second kappa shape index (κ2) is 8.81. The molecule has 33 heavy (non-hydrogen) atoms. The highest BCUT2D eigenvalue weighted by Gasteiger charge is 2.33. The highest BCUT2D eigenvalue weighted by Crippen LogP contribution is 2.31. The van der Waals surface area contributed by atoms with Gasteiger partial charge in [0.05, 0.1) is 0 Å². The lowest BCUT2D eigenvalue weighted by atomic mass is 10.2. The number of carbonyl (C=O) groups excluding carboxylic acids is 2. The summed E-state index contributed by atoms with van der Waals surface area (Å²) in [5.74, 6) is 0.213. The zero-order valence-electron chi connectivity index (χ0n) is 17.8. The predicted molar refractivity (Wildman–Crippen MR) is 116 cm³/mol. The molecule has 3 aromatic rings. The van der Waals surface area contributed by atoms with E-state index in [1.54, 1.807) is 34.1 Å². The van der Waals surface area contributed by atoms with Crippen molar-refractivity contribution >= 4 is 11.8 Å². The van der Waals surface area contributed by atoms with E-state index >= 15 is 0 Å². The van der Waals surface area contributed by atoms with Gasteiger partial charge in [0, 0.05) is 31.7 Å². The Hall–Kier alpha value is -4.08. The molecule has 3 heterocycles. The molecule has 0 unspecified atom stereocenters. The number of benzene rings is 2. The monoisotopic (exact) mass is 450 g/mol. The van der Waals surface area contributed by atoms with Gasteiger partial charge in [-0.1, -0.05) is 30.3 Å². The van der Waals surface area contributed by atoms with Gasteiger partial charge < -0.3 is 23.7 Å². The van der Waals surface area contributed by atoms with Crippen LogP contribution >= 0.6 is 0 Å². The molecule has 10 heteroatoms. The van der Waals surface area contributed by atoms with Crippen LogP contribution in [0.4, 0.5) is 0 Å². The summed E-state index contributed by atoms with van der Waals surface area (Å²) in [6, 6.07) is 16.2. The molecule has 170 valence electrons. The number of fused-ring (bicyclic) bond motifs is 1. The van der Waals surface area contributed by atoms with Crippen molar-refractivity contribution in [3.8, 4) is 23.0 Å². The van der Waals surface area contributed by atoms with E-state index in [0.717, 1.165) is 4.68 Å². The smallest absolute Gasteiger partial charge is 0.437 e. The third-order valence-corrected chi connectivity index (χ3v) is 5.64. The molecule has 0 N–H and O–H groups in total. The number of ether oxygens (including phenoxy) is 2. The molecular formula is C23H22N4O6. The minimum absolute atomic E-state index is 0.147. The first kappa shape index (κ1) is 20.8. The minimum Gasteiger partial charge on any atom is -0.485 e. The van der Waals surface area contributed by atoms with E-state index in [4.69, 9.17) is 13.9 Å². The minimum atomic E-state index is -0.715. The molecule has 0 spiro atoms. The molecule has 5 rings (SSSR count). The summed E-state index contributed by atoms with van der Waals surface area (Å²) in [6.07, 6.45) is -0.715. The number of rotatable bonds is 4. The molecule has 2 aliphatic heterocycles. The Kier molecular flexibility index (Phi) is 5.55. The molecule has 0 radical (unpaired) electrons. The van der Waals surface area contributed by atoms with Gasteiger partial charge in [-0.15, -0.1) is 5.10 Å². The number of nitrogens with zero attached hydrogens (tertiary/aromatic N) is 4. The number of hydrogen-bond donors (Lipinski definition) is 0. The first-order chi connectivity index (χ1) is 16.1. The Morgan fingerprint density at radius 3 is 2.33 bits per heavy atom. The summed E-state index contributed by atoms with van der Waals surface area (Å²) in [4.78, 5) is 41.0. The van der Waals surface area contributed by atoms with E-state index in [1.807, 2.05) is 30.3 Å². The number of para-hydroxylation sites is 2. The fraction of sp³-hybridized carbons (Fsp3) is 0.304. The van der Waals surface area contributed by atoms with Gasteiger partial charge in [-0.2, -0.15) is 4.68 Å². The third kappa shape index (κ3) is 4.32. The largest absolute Gasteiger partial charge is 0.485 e. The molecule has 0 aliphatic carbocycles. The van der Waals surface area contributed by atoms with Gasteiger partial charge in [-0.3, -0.25) is 9.59 Å². The van der Waals surface area contributed by atoms with E-state index < -0.39 is 11.9 Å². The van der Waals surface area contributed by atoms with E-state index in [1.165, 1.54) is 0 Å². The fourth-order valence-corrected chi connectivity index (χ4v) is 3.85. The van der Waals surface area contributed by atoms with Gasteiger partial charge in [0.2, 0.25) is 17.9 Å². The van der Waals surface area contributed by atoms with Crippen LogP contribution in [0.3, 0.4) is 0 Å². The molecule has 0 bridgehead atoms. The van der Waals surface area contributed by atoms with Crippen LogP contribution in [0.2, 0.25) is 0 Å². The van der Waals surface area contributed by atoms with E-state index in [-0.39, 0.29) is 30.9 Å². The summed E-state index contributed by atoms with van der Waals surface area (Å²) < 4.78 is 17.6. The van der Waals surface area contributed by atoms with Crippen LogP contribution in [0.25, 0.3) is 11.5 Å². The van der Waals surface area contributed by atoms with Crippen LogP contribution in [0.1, 0.15) is 0 Å². The standard InChI is InChI=1S/C23H22N4O6/c28-20(14-27-23(30)33-21(24-27)16-6-2-1-3-7-16)25-10-12-26(13-11-25)22(29)19-15-31-17-8-4-5-9-18(17)32-19/h1-9,19H,10-15H2/t19-/m1/s1. The van der Waals surface area contributed by atoms with Gasteiger partial charge in [-0.05, 0) is 24.3 Å². The van der Waals surface area contributed by atoms with Gasteiger partial charge in [0.25, 0.3) is 5.91 Å². The summed E-state index contributed by atoms with van der Waals surface area (Å²) >= 11 is 0. The van der Waals surface area contributed by atoms with Crippen LogP contribution in [0.5, 0.6) is 11.5 Å². The topological polar surface area (TPSA) is 107 Å². The first-order valence-electron chi connectivity index (χ1n) is 10.7. The van der Waals surface area contributed by atoms with Gasteiger partial charge in [0.15, 0.2) is 11.5 Å². The maximum atomic E-state index is 12.9. The molecule has 1 saturated heterocycles. The Balaban J connectivity index is 1.16. The Morgan fingerprint density at radius 2 is 1.58 bits per heavy atom. The van der Waals surface area contributed by atoms with Crippen LogP contribution in [-0.2, 0) is 16.1 Å². The van der Waals surface area contributed by atoms with Gasteiger partial charge in [-0.25, -0.2) is 4.79 Å². The van der Waals surface area contributed by atoms with E-state index in [0.29, 0.717) is 43.2 Å². The average molecular weight is 450 g/mol. The maximum Gasteiger partial charge on any atom is 0.437 e. The summed E-state index contributed by atoms with van der Waals surface area (Å²) in [7, 11) is 0. The van der Waals surface area contributed by atoms with Crippen LogP contribution in [-0.4, -0.2) is 70.3 Å². The lowest BCUT2D eigenvalue weighted by Gasteiger charge is -2.37. The highest BCUT2D eigenvalue weighted by atomic mass is 16.6. The van der Waals surface area contributed by atoms with Crippen molar-refractivity contribution < 1.29 is 23.5 Å². The lowest BCUT2D eigenvalue weighted by Crippen LogP contribution is -2.55. The Labute approximate surface area is 188 Å². The molecule has 2 amide bonds. The van der Waals surface area contributed by atoms with Crippen molar-refractivity contribution in [3.63, 3.8) is 0 Å². The van der Waals surface area contributed by atoms with Crippen LogP contribution in [0.15, 0.2) is 63.8 Å². The summed E-state index contributed by atoms with van der Waals surface area (Å²) in [5, 5.41) is 4.13. The van der Waals surface area contributed by atoms with Gasteiger partial charge in [0.1, 0.15) is 13.2 Å². The van der Waals surface area contributed by atoms with Crippen molar-refractivity contribution in [3.05, 3.63) is 65.1 Å². The van der Waals surface area contributed by atoms with Gasteiger partial charge >= 0.3 is 5.76 Å². The normalized spacial score (nSPS) is 17.6. The van der Waals surface area contributed by atoms with Crippen molar-refractivity contribution in [2.75, 3.05) is 32.8 Å². The Morgan fingerprint density at radius 1 is 0.909 bits per heavy atom. The molecule has 10 nitrogen and oxygen atoms in total. The summed E-state index contributed by atoms with van der Waals surface area (Å²) in [6.45, 7) is 1.37. The average Bonchev–Trinajstić information content (AvgIpc) is 3.24. The van der Waals surface area contributed by atoms with Crippen molar-refractivity contribution in [1.82, 2.24) is 19.6 Å². The Bertz CT molecular complexity index is 1210. The molecule has 0 saturated carbocycles. The molecule has 1 fully saturated rings. The second-order valence-electron chi connectivity index (χ2n) is 7.77. The highest BCUT2D eigenvalue weighted by molar-refractivity contribution is 5.82. The number of amides is 2. The third-order valence-electron chi connectivity index (χ3n) is 5.64. The zero-order valence-corrected chi connectivity index (χ0v) is 17.8. The first-order valence-corrected chi connectivity index (χ1v) is 10.7. The van der Waals surface area contributed by atoms with E-state index in [2.05, 4.69) is 5.10 Å². The molecule has 2 aliphatic rings. The van der Waals surface area contributed by atoms with Crippen molar-refractivity contribution in [2.24, 2.45) is 0 Å². The van der Waals surface area contributed by atoms with Crippen LogP contribution < -0.4 is 15.2 Å². The molecule has 1 atom stereocenters. The molecule has 1 aromatic heterocycles. The van der Waals surface area contributed by atoms with Crippen molar-refractivity contribution in [1.29, 1.82) is 0 Å². The number of aromatic nitrogens is 2. The maximum absolute atomic E-state index is 12.9. The summed E-state index contributed by atoms with van der Waals surface area (Å²) in [5.41, 5.74) is 0.657.